The number of aliphatic hydroxyl groups excluding tert-OH is 1. The molecule has 3 rings (SSSR count). The lowest BCUT2D eigenvalue weighted by atomic mass is 9.68. The lowest BCUT2D eigenvalue weighted by Gasteiger charge is -2.52. The van der Waals surface area contributed by atoms with Crippen molar-refractivity contribution in [1.29, 1.82) is 0 Å². The van der Waals surface area contributed by atoms with Crippen LogP contribution in [0.1, 0.15) is 55.6 Å². The van der Waals surface area contributed by atoms with Gasteiger partial charge in [-0.2, -0.15) is 0 Å². The van der Waals surface area contributed by atoms with Gasteiger partial charge >= 0.3 is 5.97 Å². The first-order valence-electron chi connectivity index (χ1n) is 8.83. The van der Waals surface area contributed by atoms with Gasteiger partial charge in [0.25, 0.3) is 0 Å². The summed E-state index contributed by atoms with van der Waals surface area (Å²) in [5.41, 5.74) is 1.40. The van der Waals surface area contributed by atoms with E-state index in [1.807, 2.05) is 19.9 Å². The number of aliphatic hydroxyl groups is 1. The van der Waals surface area contributed by atoms with Gasteiger partial charge in [0, 0.05) is 24.8 Å². The third kappa shape index (κ3) is 3.39. The fourth-order valence-electron chi connectivity index (χ4n) is 4.20. The van der Waals surface area contributed by atoms with Crippen LogP contribution in [0, 0.1) is 5.92 Å². The Labute approximate surface area is 152 Å². The van der Waals surface area contributed by atoms with Crippen molar-refractivity contribution in [2.75, 3.05) is 0 Å². The van der Waals surface area contributed by atoms with Gasteiger partial charge in [0.2, 0.25) is 5.91 Å². The maximum atomic E-state index is 11.8. The van der Waals surface area contributed by atoms with Gasteiger partial charge < -0.3 is 20.3 Å². The molecule has 1 amide bonds. The summed E-state index contributed by atoms with van der Waals surface area (Å²) in [7, 11) is 0. The molecule has 1 aliphatic carbocycles. The van der Waals surface area contributed by atoms with Crippen LogP contribution in [0.5, 0.6) is 0 Å². The summed E-state index contributed by atoms with van der Waals surface area (Å²) in [4.78, 5) is 22.9. The summed E-state index contributed by atoms with van der Waals surface area (Å²) in [5.74, 6) is -1.12. The highest BCUT2D eigenvalue weighted by atomic mass is 16.5. The molecule has 1 fully saturated rings. The Kier molecular flexibility index (Phi) is 4.90. The largest absolute Gasteiger partial charge is 0.478 e. The monoisotopic (exact) mass is 359 g/mol. The zero-order chi connectivity index (χ0) is 19.1. The van der Waals surface area contributed by atoms with Gasteiger partial charge in [0.05, 0.1) is 17.8 Å². The lowest BCUT2D eigenvalue weighted by molar-refractivity contribution is -0.165. The highest BCUT2D eigenvalue weighted by Gasteiger charge is 2.50. The maximum absolute atomic E-state index is 11.8. The minimum absolute atomic E-state index is 0.0281. The van der Waals surface area contributed by atoms with Gasteiger partial charge in [-0.15, -0.1) is 0 Å². The minimum Gasteiger partial charge on any atom is -0.478 e. The zero-order valence-electron chi connectivity index (χ0n) is 15.2. The van der Waals surface area contributed by atoms with E-state index in [9.17, 15) is 14.7 Å². The lowest BCUT2D eigenvalue weighted by Crippen LogP contribution is -2.62. The number of carboxylic acids is 1. The second-order valence-electron chi connectivity index (χ2n) is 7.55. The average molecular weight is 359 g/mol. The van der Waals surface area contributed by atoms with Crippen molar-refractivity contribution in [3.8, 4) is 0 Å². The molecule has 0 radical (unpaired) electrons. The predicted octanol–water partition coefficient (Wildman–Crippen LogP) is 2.44. The van der Waals surface area contributed by atoms with Crippen molar-refractivity contribution >= 4 is 11.9 Å². The molecular weight excluding hydrogens is 334 g/mol. The van der Waals surface area contributed by atoms with Crippen molar-refractivity contribution in [2.24, 2.45) is 5.92 Å². The van der Waals surface area contributed by atoms with Crippen molar-refractivity contribution in [2.45, 2.75) is 57.5 Å². The van der Waals surface area contributed by atoms with Crippen molar-refractivity contribution in [3.05, 3.63) is 47.0 Å². The second kappa shape index (κ2) is 6.85. The van der Waals surface area contributed by atoms with Gasteiger partial charge in [-0.3, -0.25) is 4.79 Å². The number of aromatic carboxylic acids is 1. The first kappa shape index (κ1) is 18.6. The van der Waals surface area contributed by atoms with E-state index in [4.69, 9.17) is 9.84 Å². The van der Waals surface area contributed by atoms with E-state index < -0.39 is 23.7 Å². The molecule has 3 N–H and O–H groups in total. The molecule has 1 aromatic rings. The van der Waals surface area contributed by atoms with Gasteiger partial charge in [0.15, 0.2) is 0 Å². The first-order valence-corrected chi connectivity index (χ1v) is 8.83. The fourth-order valence-corrected chi connectivity index (χ4v) is 4.20. The SMILES string of the molecule is CC(=O)N[C@@]1(C)C[C@@H](c2ccc(C(=O)O)cc2)O[C@H]2[C@H](O)C(C)=CC[C@H]21. The molecule has 0 unspecified atom stereocenters. The molecule has 0 aromatic heterocycles. The fraction of sp³-hybridized carbons (Fsp3) is 0.500. The molecule has 5 atom stereocenters. The molecule has 2 aliphatic rings. The molecule has 1 aliphatic heterocycles. The van der Waals surface area contributed by atoms with Crippen LogP contribution in [-0.2, 0) is 9.53 Å². The van der Waals surface area contributed by atoms with Crippen LogP contribution in [0.4, 0.5) is 0 Å². The normalized spacial score (nSPS) is 33.8. The van der Waals surface area contributed by atoms with E-state index in [0.717, 1.165) is 17.6 Å². The number of rotatable bonds is 3. The summed E-state index contributed by atoms with van der Waals surface area (Å²) < 4.78 is 6.25. The third-order valence-electron chi connectivity index (χ3n) is 5.61. The van der Waals surface area contributed by atoms with Gasteiger partial charge in [-0.25, -0.2) is 4.79 Å². The first-order chi connectivity index (χ1) is 12.2. The molecule has 140 valence electrons. The van der Waals surface area contributed by atoms with Crippen LogP contribution in [0.25, 0.3) is 0 Å². The molecule has 0 spiro atoms. The van der Waals surface area contributed by atoms with Gasteiger partial charge in [0.1, 0.15) is 6.10 Å². The topological polar surface area (TPSA) is 95.9 Å². The van der Waals surface area contributed by atoms with Crippen LogP contribution >= 0.6 is 0 Å². The highest BCUT2D eigenvalue weighted by Crippen LogP contribution is 2.46. The molecule has 0 saturated carbocycles. The van der Waals surface area contributed by atoms with Gasteiger partial charge in [-0.05, 0) is 43.5 Å². The number of carboxylic acid groups (broad SMARTS) is 1. The standard InChI is InChI=1S/C20H25NO5/c1-11-4-9-15-18(17(11)23)26-16(10-20(15,3)21-12(2)22)13-5-7-14(8-6-13)19(24)25/h4-8,15-18,23H,9-10H2,1-3H3,(H,21,22)(H,24,25)/t15-,16+,17-,18-,20+/m1/s1. The summed E-state index contributed by atoms with van der Waals surface area (Å²) >= 11 is 0. The molecule has 1 saturated heterocycles. The van der Waals surface area contributed by atoms with E-state index in [0.29, 0.717) is 6.42 Å². The number of carbonyl (C=O) groups excluding carboxylic acids is 1. The summed E-state index contributed by atoms with van der Waals surface area (Å²) in [6, 6.07) is 6.57. The Morgan fingerprint density at radius 3 is 2.50 bits per heavy atom. The predicted molar refractivity (Wildman–Crippen MR) is 95.7 cm³/mol. The average Bonchev–Trinajstić information content (AvgIpc) is 2.57. The molecule has 6 nitrogen and oxygen atoms in total. The molecule has 1 aromatic carbocycles. The number of carbonyl (C=O) groups is 2. The van der Waals surface area contributed by atoms with E-state index >= 15 is 0 Å². The number of amides is 1. The van der Waals surface area contributed by atoms with E-state index in [1.165, 1.54) is 6.92 Å². The number of hydrogen-bond acceptors (Lipinski definition) is 4. The van der Waals surface area contributed by atoms with Crippen LogP contribution < -0.4 is 5.32 Å². The number of fused-ring (bicyclic) bond motifs is 1. The molecular formula is C20H25NO5. The number of ether oxygens (including phenoxy) is 1. The Morgan fingerprint density at radius 2 is 1.92 bits per heavy atom. The quantitative estimate of drug-likeness (QED) is 0.721. The summed E-state index contributed by atoms with van der Waals surface area (Å²) in [6.45, 7) is 5.37. The maximum Gasteiger partial charge on any atom is 0.335 e. The van der Waals surface area contributed by atoms with Crippen molar-refractivity contribution in [1.82, 2.24) is 5.32 Å². The zero-order valence-corrected chi connectivity index (χ0v) is 15.2. The smallest absolute Gasteiger partial charge is 0.335 e. The van der Waals surface area contributed by atoms with Crippen molar-refractivity contribution < 1.29 is 24.5 Å². The molecule has 26 heavy (non-hydrogen) atoms. The number of allylic oxidation sites excluding steroid dienone is 1. The number of hydrogen-bond donors (Lipinski definition) is 3. The Morgan fingerprint density at radius 1 is 1.27 bits per heavy atom. The van der Waals surface area contributed by atoms with Crippen LogP contribution in [0.2, 0.25) is 0 Å². The Balaban J connectivity index is 1.94. The van der Waals surface area contributed by atoms with E-state index in [1.54, 1.807) is 24.3 Å². The van der Waals surface area contributed by atoms with E-state index in [2.05, 4.69) is 5.32 Å². The summed E-state index contributed by atoms with van der Waals surface area (Å²) in [5, 5.41) is 22.8. The summed E-state index contributed by atoms with van der Waals surface area (Å²) in [6.07, 6.45) is 1.82. The van der Waals surface area contributed by atoms with Crippen LogP contribution in [-0.4, -0.2) is 39.8 Å². The second-order valence-corrected chi connectivity index (χ2v) is 7.55. The molecule has 1 heterocycles. The number of nitrogens with one attached hydrogen (secondary N) is 1. The van der Waals surface area contributed by atoms with Crippen LogP contribution in [0.3, 0.4) is 0 Å². The van der Waals surface area contributed by atoms with Crippen molar-refractivity contribution in [3.63, 3.8) is 0 Å². The highest BCUT2D eigenvalue weighted by molar-refractivity contribution is 5.87. The third-order valence-corrected chi connectivity index (χ3v) is 5.61. The molecule has 0 bridgehead atoms. The molecule has 6 heteroatoms. The van der Waals surface area contributed by atoms with Gasteiger partial charge in [-0.1, -0.05) is 18.2 Å². The van der Waals surface area contributed by atoms with E-state index in [-0.39, 0.29) is 23.5 Å². The van der Waals surface area contributed by atoms with Crippen LogP contribution in [0.15, 0.2) is 35.9 Å². The minimum atomic E-state index is -0.979. The number of benzene rings is 1. The Bertz CT molecular complexity index is 741. The Hall–Kier alpha value is -2.18.